The number of hydrogen-bond donors (Lipinski definition) is 1. The predicted molar refractivity (Wildman–Crippen MR) is 42.8 cm³/mol. The normalized spacial score (nSPS) is 49.6. The Kier molecular flexibility index (Phi) is 2.10. The molecule has 0 aromatic heterocycles. The molecule has 4 unspecified atom stereocenters. The summed E-state index contributed by atoms with van der Waals surface area (Å²) in [6, 6.07) is 0. The summed E-state index contributed by atoms with van der Waals surface area (Å²) in [7, 11) is 1.63. The number of aliphatic hydroxyl groups is 1. The minimum Gasteiger partial charge on any atom is -0.388 e. The molecule has 0 aromatic carbocycles. The fraction of sp³-hybridized carbons (Fsp3) is 1.00. The van der Waals surface area contributed by atoms with Gasteiger partial charge >= 0.3 is 0 Å². The molecule has 2 heterocycles. The van der Waals surface area contributed by atoms with Gasteiger partial charge in [0.1, 0.15) is 12.2 Å². The van der Waals surface area contributed by atoms with Gasteiger partial charge in [-0.15, -0.1) is 0 Å². The Morgan fingerprint density at radius 2 is 2.18 bits per heavy atom. The van der Waals surface area contributed by atoms with Crippen molar-refractivity contribution in [3.8, 4) is 0 Å². The average molecular weight is 176 g/mol. The number of aliphatic hydroxyl groups excluding tert-OH is 1. The molecule has 2 aliphatic heterocycles. The quantitative estimate of drug-likeness (QED) is 0.604. The van der Waals surface area contributed by atoms with E-state index >= 15 is 0 Å². The zero-order valence-corrected chi connectivity index (χ0v) is 7.21. The largest absolute Gasteiger partial charge is 0.388 e. The second-order valence-electron chi connectivity index (χ2n) is 2.94. The van der Waals surface area contributed by atoms with Crippen molar-refractivity contribution in [3.05, 3.63) is 0 Å². The van der Waals surface area contributed by atoms with Crippen LogP contribution in [0.2, 0.25) is 0 Å². The highest BCUT2D eigenvalue weighted by molar-refractivity contribution is 7.99. The lowest BCUT2D eigenvalue weighted by Gasteiger charge is -2.19. The highest BCUT2D eigenvalue weighted by Crippen LogP contribution is 2.32. The van der Waals surface area contributed by atoms with E-state index in [0.29, 0.717) is 0 Å². The van der Waals surface area contributed by atoms with Crippen LogP contribution < -0.4 is 0 Å². The maximum atomic E-state index is 9.60. The van der Waals surface area contributed by atoms with Gasteiger partial charge in [-0.1, -0.05) is 0 Å². The Hall–Kier alpha value is 0.230. The number of thioether (sulfide) groups is 1. The monoisotopic (exact) mass is 176 g/mol. The van der Waals surface area contributed by atoms with Gasteiger partial charge in [0.25, 0.3) is 0 Å². The summed E-state index contributed by atoms with van der Waals surface area (Å²) in [5.41, 5.74) is 0. The molecule has 2 fully saturated rings. The van der Waals surface area contributed by atoms with Gasteiger partial charge in [-0.05, 0) is 0 Å². The van der Waals surface area contributed by atoms with Crippen molar-refractivity contribution in [3.63, 3.8) is 0 Å². The van der Waals surface area contributed by atoms with Crippen LogP contribution in [0, 0.1) is 0 Å². The van der Waals surface area contributed by atoms with Gasteiger partial charge in [0.2, 0.25) is 0 Å². The molecular weight excluding hydrogens is 164 g/mol. The number of ether oxygens (including phenoxy) is 2. The van der Waals surface area contributed by atoms with Crippen molar-refractivity contribution >= 4 is 11.8 Å². The molecule has 0 spiro atoms. The molecule has 11 heavy (non-hydrogen) atoms. The molecule has 0 amide bonds. The van der Waals surface area contributed by atoms with Gasteiger partial charge < -0.3 is 14.6 Å². The van der Waals surface area contributed by atoms with Gasteiger partial charge in [0, 0.05) is 18.6 Å². The second-order valence-corrected chi connectivity index (χ2v) is 4.02. The third-order valence-electron chi connectivity index (χ3n) is 2.27. The van der Waals surface area contributed by atoms with Crippen LogP contribution in [-0.2, 0) is 9.47 Å². The van der Waals surface area contributed by atoms with E-state index < -0.39 is 6.10 Å². The highest BCUT2D eigenvalue weighted by Gasteiger charge is 2.46. The van der Waals surface area contributed by atoms with Gasteiger partial charge in [-0.3, -0.25) is 0 Å². The fourth-order valence-electron chi connectivity index (χ4n) is 1.68. The molecule has 0 radical (unpaired) electrons. The van der Waals surface area contributed by atoms with Crippen LogP contribution >= 0.6 is 11.8 Å². The molecular formula is C7H12O3S. The van der Waals surface area contributed by atoms with Crippen LogP contribution in [-0.4, -0.2) is 48.1 Å². The lowest BCUT2D eigenvalue weighted by Crippen LogP contribution is -2.33. The molecule has 64 valence electrons. The van der Waals surface area contributed by atoms with Crippen molar-refractivity contribution < 1.29 is 14.6 Å². The first-order chi connectivity index (χ1) is 5.33. The summed E-state index contributed by atoms with van der Waals surface area (Å²) >= 11 is 1.83. The Bertz CT molecular complexity index is 151. The maximum Gasteiger partial charge on any atom is 0.112 e. The van der Waals surface area contributed by atoms with Gasteiger partial charge in [-0.25, -0.2) is 0 Å². The van der Waals surface area contributed by atoms with E-state index in [-0.39, 0.29) is 18.3 Å². The second kappa shape index (κ2) is 2.94. The lowest BCUT2D eigenvalue weighted by atomic mass is 10.1. The molecule has 4 heteroatoms. The standard InChI is InChI=1S/C7H12O3S/c1-9-7-5-3-11-2-4(10-5)6(7)8/h4-8H,2-3H2,1H3. The number of methoxy groups -OCH3 is 1. The summed E-state index contributed by atoms with van der Waals surface area (Å²) in [5.74, 6) is 1.85. The summed E-state index contributed by atoms with van der Waals surface area (Å²) < 4.78 is 10.7. The average Bonchev–Trinajstić information content (AvgIpc) is 2.25. The first-order valence-corrected chi connectivity index (χ1v) is 4.92. The maximum absolute atomic E-state index is 9.60. The molecule has 2 rings (SSSR count). The van der Waals surface area contributed by atoms with E-state index in [1.165, 1.54) is 0 Å². The molecule has 0 saturated carbocycles. The zero-order valence-electron chi connectivity index (χ0n) is 6.40. The van der Waals surface area contributed by atoms with E-state index in [1.807, 2.05) is 11.8 Å². The van der Waals surface area contributed by atoms with Crippen molar-refractivity contribution in [2.24, 2.45) is 0 Å². The SMILES string of the molecule is COC1C2CSCC(O2)C1O. The summed E-state index contributed by atoms with van der Waals surface area (Å²) in [4.78, 5) is 0. The minimum atomic E-state index is -0.417. The zero-order chi connectivity index (χ0) is 7.84. The summed E-state index contributed by atoms with van der Waals surface area (Å²) in [6.07, 6.45) is -0.405. The highest BCUT2D eigenvalue weighted by atomic mass is 32.2. The summed E-state index contributed by atoms with van der Waals surface area (Å²) in [6.45, 7) is 0. The first kappa shape index (κ1) is 7.86. The van der Waals surface area contributed by atoms with Crippen molar-refractivity contribution in [1.29, 1.82) is 0 Å². The molecule has 4 atom stereocenters. The molecule has 0 aliphatic carbocycles. The van der Waals surface area contributed by atoms with Crippen LogP contribution in [0.4, 0.5) is 0 Å². The number of hydrogen-bond acceptors (Lipinski definition) is 4. The third-order valence-corrected chi connectivity index (χ3v) is 3.40. The fourth-order valence-corrected chi connectivity index (χ4v) is 2.82. The van der Waals surface area contributed by atoms with Crippen molar-refractivity contribution in [1.82, 2.24) is 0 Å². The van der Waals surface area contributed by atoms with Crippen molar-refractivity contribution in [2.75, 3.05) is 18.6 Å². The topological polar surface area (TPSA) is 38.7 Å². The molecule has 3 nitrogen and oxygen atoms in total. The number of rotatable bonds is 1. The predicted octanol–water partition coefficient (Wildman–Crippen LogP) is -0.124. The van der Waals surface area contributed by atoms with Gasteiger partial charge in [0.05, 0.1) is 12.2 Å². The van der Waals surface area contributed by atoms with Crippen LogP contribution in [0.3, 0.4) is 0 Å². The Morgan fingerprint density at radius 1 is 1.45 bits per heavy atom. The van der Waals surface area contributed by atoms with Crippen LogP contribution in [0.15, 0.2) is 0 Å². The van der Waals surface area contributed by atoms with Crippen molar-refractivity contribution in [2.45, 2.75) is 24.4 Å². The Balaban J connectivity index is 2.10. The van der Waals surface area contributed by atoms with Crippen LogP contribution in [0.5, 0.6) is 0 Å². The van der Waals surface area contributed by atoms with Gasteiger partial charge in [0.15, 0.2) is 0 Å². The molecule has 2 aliphatic rings. The van der Waals surface area contributed by atoms with E-state index in [2.05, 4.69) is 0 Å². The summed E-state index contributed by atoms with van der Waals surface area (Å²) in [5, 5.41) is 9.60. The number of fused-ring (bicyclic) bond motifs is 2. The van der Waals surface area contributed by atoms with E-state index in [0.717, 1.165) is 11.5 Å². The Labute approximate surface area is 70.1 Å². The molecule has 2 bridgehead atoms. The van der Waals surface area contributed by atoms with Gasteiger partial charge in [-0.2, -0.15) is 11.8 Å². The van der Waals surface area contributed by atoms with E-state index in [1.54, 1.807) is 7.11 Å². The smallest absolute Gasteiger partial charge is 0.112 e. The molecule has 0 aromatic rings. The first-order valence-electron chi connectivity index (χ1n) is 3.77. The lowest BCUT2D eigenvalue weighted by molar-refractivity contribution is -0.00197. The Morgan fingerprint density at radius 3 is 2.82 bits per heavy atom. The van der Waals surface area contributed by atoms with E-state index in [4.69, 9.17) is 9.47 Å². The minimum absolute atomic E-state index is 0.00343. The van der Waals surface area contributed by atoms with Crippen LogP contribution in [0.25, 0.3) is 0 Å². The third kappa shape index (κ3) is 1.18. The van der Waals surface area contributed by atoms with E-state index in [9.17, 15) is 5.11 Å². The molecule has 1 N–H and O–H groups in total. The van der Waals surface area contributed by atoms with Crippen LogP contribution in [0.1, 0.15) is 0 Å². The molecule has 2 saturated heterocycles.